The standard InChI is InChI=1S/C25H30F9NOS/c1-2-3-4-5-6-7-8-9-17-36-23-15-13-20(14-16-23)19-35-22-12-10-11-21(18-22)24(26,27)25(28,29)37(30,31,32,33)34/h10-16,18-19H,2-9,17H2,1H3. The third kappa shape index (κ3) is 8.31. The quantitative estimate of drug-likeness (QED) is 0.120. The van der Waals surface area contributed by atoms with Crippen LogP contribution >= 0.6 is 10.2 Å². The second-order valence-corrected chi connectivity index (χ2v) is 11.2. The number of nitrogens with zero attached hydrogens (tertiary/aromatic N) is 1. The summed E-state index contributed by atoms with van der Waals surface area (Å²) in [5.74, 6) is -5.63. The van der Waals surface area contributed by atoms with Gasteiger partial charge in [-0.25, -0.2) is 0 Å². The maximum absolute atomic E-state index is 14.0. The lowest BCUT2D eigenvalue weighted by Gasteiger charge is -2.48. The number of ether oxygens (including phenoxy) is 1. The molecule has 0 aliphatic heterocycles. The van der Waals surface area contributed by atoms with E-state index >= 15 is 0 Å². The first kappa shape index (κ1) is 30.9. The van der Waals surface area contributed by atoms with E-state index in [0.29, 0.717) is 17.9 Å². The zero-order valence-corrected chi connectivity index (χ0v) is 21.0. The Morgan fingerprint density at radius 3 is 1.92 bits per heavy atom. The fourth-order valence-corrected chi connectivity index (χ4v) is 4.02. The molecular weight excluding hydrogens is 533 g/mol. The average Bonchev–Trinajstić information content (AvgIpc) is 2.81. The maximum Gasteiger partial charge on any atom is 0.448 e. The zero-order chi connectivity index (χ0) is 27.9. The monoisotopic (exact) mass is 563 g/mol. The van der Waals surface area contributed by atoms with Crippen LogP contribution in [0.25, 0.3) is 0 Å². The van der Waals surface area contributed by atoms with E-state index in [0.717, 1.165) is 37.6 Å². The Bertz CT molecular complexity index is 1040. The molecule has 210 valence electrons. The van der Waals surface area contributed by atoms with Crippen LogP contribution in [0.5, 0.6) is 5.75 Å². The molecule has 0 saturated heterocycles. The molecule has 0 bridgehead atoms. The van der Waals surface area contributed by atoms with Crippen LogP contribution in [-0.4, -0.2) is 18.1 Å². The van der Waals surface area contributed by atoms with Gasteiger partial charge in [-0.3, -0.25) is 4.99 Å². The number of rotatable bonds is 15. The third-order valence-corrected chi connectivity index (χ3v) is 6.79. The van der Waals surface area contributed by atoms with Crippen molar-refractivity contribution < 1.29 is 41.7 Å². The van der Waals surface area contributed by atoms with Gasteiger partial charge in [0.25, 0.3) is 0 Å². The second-order valence-electron chi connectivity index (χ2n) is 8.76. The van der Waals surface area contributed by atoms with Gasteiger partial charge in [-0.15, -0.1) is 0 Å². The molecule has 2 aromatic carbocycles. The fourth-order valence-electron chi connectivity index (χ4n) is 3.42. The minimum Gasteiger partial charge on any atom is -0.494 e. The lowest BCUT2D eigenvalue weighted by Crippen LogP contribution is -2.46. The molecule has 0 saturated carbocycles. The van der Waals surface area contributed by atoms with Gasteiger partial charge in [-0.05, 0) is 48.4 Å². The van der Waals surface area contributed by atoms with Gasteiger partial charge in [-0.2, -0.15) is 17.6 Å². The van der Waals surface area contributed by atoms with E-state index in [1.165, 1.54) is 32.1 Å². The van der Waals surface area contributed by atoms with E-state index in [1.807, 2.05) is 0 Å². The van der Waals surface area contributed by atoms with Crippen molar-refractivity contribution >= 4 is 22.1 Å². The Morgan fingerprint density at radius 2 is 1.35 bits per heavy atom. The molecule has 0 amide bonds. The van der Waals surface area contributed by atoms with E-state index in [2.05, 4.69) is 11.9 Å². The minimum absolute atomic E-state index is 0.203. The van der Waals surface area contributed by atoms with Crippen LogP contribution in [0.1, 0.15) is 69.4 Å². The SMILES string of the molecule is CCCCCCCCCCOc1ccc(C=Nc2cccc(C(F)(F)C(F)(F)S(F)(F)(F)(F)F)c2)cc1. The molecule has 0 unspecified atom stereocenters. The summed E-state index contributed by atoms with van der Waals surface area (Å²) in [6.45, 7) is 2.71. The normalized spacial score (nSPS) is 15.0. The Morgan fingerprint density at radius 1 is 0.784 bits per heavy atom. The molecule has 0 aromatic heterocycles. The van der Waals surface area contributed by atoms with Gasteiger partial charge in [0.1, 0.15) is 5.75 Å². The van der Waals surface area contributed by atoms with Gasteiger partial charge < -0.3 is 4.74 Å². The van der Waals surface area contributed by atoms with E-state index in [9.17, 15) is 37.0 Å². The maximum atomic E-state index is 14.0. The smallest absolute Gasteiger partial charge is 0.448 e. The lowest BCUT2D eigenvalue weighted by molar-refractivity contribution is -0.181. The summed E-state index contributed by atoms with van der Waals surface area (Å²) in [6.07, 6.45) is 10.4. The highest BCUT2D eigenvalue weighted by Crippen LogP contribution is 3.06. The number of aliphatic imine (C=N–C) groups is 1. The van der Waals surface area contributed by atoms with Crippen LogP contribution in [0.2, 0.25) is 0 Å². The van der Waals surface area contributed by atoms with Gasteiger partial charge >= 0.3 is 21.4 Å². The average molecular weight is 564 g/mol. The summed E-state index contributed by atoms with van der Waals surface area (Å²) in [7, 11) is -11.9. The van der Waals surface area contributed by atoms with Gasteiger partial charge in [0.05, 0.1) is 12.3 Å². The van der Waals surface area contributed by atoms with Gasteiger partial charge in [0, 0.05) is 11.8 Å². The highest BCUT2D eigenvalue weighted by atomic mass is 32.5. The van der Waals surface area contributed by atoms with E-state index in [4.69, 9.17) is 4.74 Å². The topological polar surface area (TPSA) is 21.6 Å². The van der Waals surface area contributed by atoms with Crippen molar-refractivity contribution in [3.8, 4) is 5.75 Å². The molecule has 37 heavy (non-hydrogen) atoms. The summed E-state index contributed by atoms with van der Waals surface area (Å²) >= 11 is 0. The number of unbranched alkanes of at least 4 members (excludes halogenated alkanes) is 7. The highest BCUT2D eigenvalue weighted by molar-refractivity contribution is 8.46. The van der Waals surface area contributed by atoms with Crippen molar-refractivity contribution in [3.63, 3.8) is 0 Å². The van der Waals surface area contributed by atoms with Crippen molar-refractivity contribution in [3.05, 3.63) is 59.7 Å². The predicted molar refractivity (Wildman–Crippen MR) is 130 cm³/mol. The second kappa shape index (κ2) is 11.2. The van der Waals surface area contributed by atoms with Crippen molar-refractivity contribution in [1.29, 1.82) is 0 Å². The van der Waals surface area contributed by atoms with Gasteiger partial charge in [-0.1, -0.05) is 83.4 Å². The van der Waals surface area contributed by atoms with Crippen LogP contribution in [0.15, 0.2) is 53.5 Å². The number of hydrogen-bond acceptors (Lipinski definition) is 2. The molecule has 0 N–H and O–H groups in total. The molecule has 0 heterocycles. The molecule has 2 nitrogen and oxygen atoms in total. The lowest BCUT2D eigenvalue weighted by atomic mass is 10.1. The van der Waals surface area contributed by atoms with Crippen molar-refractivity contribution in [1.82, 2.24) is 0 Å². The Balaban J connectivity index is 1.96. The number of alkyl halides is 4. The van der Waals surface area contributed by atoms with Crippen molar-refractivity contribution in [2.45, 2.75) is 69.5 Å². The molecule has 0 aliphatic rings. The summed E-state index contributed by atoms with van der Waals surface area (Å²) < 4.78 is 123. The van der Waals surface area contributed by atoms with Crippen LogP contribution in [-0.2, 0) is 5.92 Å². The zero-order valence-electron chi connectivity index (χ0n) is 20.2. The molecule has 2 rings (SSSR count). The molecule has 0 spiro atoms. The number of hydrogen-bond donors (Lipinski definition) is 0. The highest BCUT2D eigenvalue weighted by Gasteiger charge is 2.91. The molecule has 0 fully saturated rings. The number of halogens is 9. The first-order chi connectivity index (χ1) is 17.0. The number of benzene rings is 2. The summed E-state index contributed by atoms with van der Waals surface area (Å²) in [4.78, 5) is 3.78. The molecular formula is C25H30F9NOS. The van der Waals surface area contributed by atoms with Crippen molar-refractivity contribution in [2.75, 3.05) is 6.61 Å². The van der Waals surface area contributed by atoms with E-state index < -0.39 is 32.7 Å². The molecule has 12 heteroatoms. The van der Waals surface area contributed by atoms with Crippen LogP contribution in [0.3, 0.4) is 0 Å². The van der Waals surface area contributed by atoms with E-state index in [-0.39, 0.29) is 12.1 Å². The molecule has 2 aromatic rings. The van der Waals surface area contributed by atoms with Gasteiger partial charge in [0.15, 0.2) is 0 Å². The Labute approximate surface area is 210 Å². The summed E-state index contributed by atoms with van der Waals surface area (Å²) in [5, 5.41) is -7.56. The Hall–Kier alpha value is -2.37. The molecule has 0 aliphatic carbocycles. The van der Waals surface area contributed by atoms with Crippen molar-refractivity contribution in [2.24, 2.45) is 4.99 Å². The first-order valence-electron chi connectivity index (χ1n) is 11.8. The Kier molecular flexibility index (Phi) is 9.31. The van der Waals surface area contributed by atoms with Crippen LogP contribution in [0.4, 0.5) is 42.7 Å². The van der Waals surface area contributed by atoms with Gasteiger partial charge in [0.2, 0.25) is 0 Å². The third-order valence-electron chi connectivity index (χ3n) is 5.57. The van der Waals surface area contributed by atoms with Crippen LogP contribution in [0, 0.1) is 0 Å². The first-order valence-corrected chi connectivity index (χ1v) is 13.8. The largest absolute Gasteiger partial charge is 0.494 e. The summed E-state index contributed by atoms with van der Waals surface area (Å²) in [6, 6.07) is 8.59. The van der Waals surface area contributed by atoms with E-state index in [1.54, 1.807) is 24.3 Å². The minimum atomic E-state index is -11.9. The molecule has 0 atom stereocenters. The predicted octanol–water partition coefficient (Wildman–Crippen LogP) is 10.9. The summed E-state index contributed by atoms with van der Waals surface area (Å²) in [5.41, 5.74) is -1.91. The fraction of sp³-hybridized carbons (Fsp3) is 0.480. The van der Waals surface area contributed by atoms with Crippen LogP contribution < -0.4 is 4.74 Å². The molecule has 0 radical (unpaired) electrons.